The van der Waals surface area contributed by atoms with Crippen LogP contribution in [0.15, 0.2) is 11.5 Å². The van der Waals surface area contributed by atoms with E-state index in [1.807, 2.05) is 0 Å². The van der Waals surface area contributed by atoms with Crippen molar-refractivity contribution in [1.82, 2.24) is 0 Å². The maximum absolute atomic E-state index is 10.1. The number of carbonyl (C=O) groups excluding carboxylic acids is 1. The minimum absolute atomic E-state index is 0.444. The van der Waals surface area contributed by atoms with Crippen LogP contribution in [0.4, 0.5) is 4.79 Å². The molecule has 64 valence electrons. The molecule has 0 aromatic carbocycles. The number of aliphatic hydroxyl groups excluding tert-OH is 3. The first-order valence-electron chi connectivity index (χ1n) is 2.71. The molecule has 0 aromatic heterocycles. The summed E-state index contributed by atoms with van der Waals surface area (Å²) >= 11 is 0. The summed E-state index contributed by atoms with van der Waals surface area (Å²) < 4.78 is 4.11. The Kier molecular flexibility index (Phi) is 4.01. The van der Waals surface area contributed by atoms with E-state index in [2.05, 4.69) is 10.5 Å². The molecule has 0 aliphatic rings. The van der Waals surface area contributed by atoms with E-state index in [1.54, 1.807) is 0 Å². The van der Waals surface area contributed by atoms with Crippen LogP contribution in [0.1, 0.15) is 0 Å². The number of hydrogen-bond donors (Lipinski definition) is 4. The fourth-order valence-corrected chi connectivity index (χ4v) is 0.392. The van der Waals surface area contributed by atoms with Gasteiger partial charge in [-0.1, -0.05) is 0 Å². The number of hydrogen-bond acceptors (Lipinski definition) is 5. The Morgan fingerprint density at radius 2 is 1.91 bits per heavy atom. The number of carbonyl (C=O) groups is 1. The fraction of sp³-hybridized carbons (Fsp3) is 0.400. The van der Waals surface area contributed by atoms with E-state index < -0.39 is 30.8 Å². The van der Waals surface area contributed by atoms with Gasteiger partial charge < -0.3 is 25.8 Å². The standard InChI is InChI=1S/C5H9NO5/c6-5(10)11-4(2-8)3(9)1-7/h7-9H,1-2H2,(H2,6,10)/b4-3-. The fourth-order valence-electron chi connectivity index (χ4n) is 0.392. The van der Waals surface area contributed by atoms with Crippen LogP contribution in [-0.4, -0.2) is 34.6 Å². The first-order chi connectivity index (χ1) is 5.11. The molecule has 0 saturated heterocycles. The minimum Gasteiger partial charge on any atom is -0.506 e. The van der Waals surface area contributed by atoms with Gasteiger partial charge in [0.15, 0.2) is 11.5 Å². The smallest absolute Gasteiger partial charge is 0.409 e. The molecule has 0 heterocycles. The van der Waals surface area contributed by atoms with E-state index in [0.29, 0.717) is 0 Å². The number of ether oxygens (including phenoxy) is 1. The average Bonchev–Trinajstić information content (AvgIpc) is 1.98. The van der Waals surface area contributed by atoms with Crippen molar-refractivity contribution in [2.45, 2.75) is 0 Å². The predicted molar refractivity (Wildman–Crippen MR) is 34.5 cm³/mol. The van der Waals surface area contributed by atoms with Gasteiger partial charge in [0.2, 0.25) is 0 Å². The lowest BCUT2D eigenvalue weighted by Crippen LogP contribution is -2.16. The average molecular weight is 163 g/mol. The summed E-state index contributed by atoms with van der Waals surface area (Å²) in [5.74, 6) is -1.06. The summed E-state index contributed by atoms with van der Waals surface area (Å²) in [6.07, 6.45) is -1.16. The third-order valence-electron chi connectivity index (χ3n) is 0.839. The molecule has 0 aromatic rings. The Hall–Kier alpha value is -1.27. The Labute approximate surface area is 62.5 Å². The number of amides is 1. The Balaban J connectivity index is 4.26. The highest BCUT2D eigenvalue weighted by atomic mass is 16.6. The molecule has 6 nitrogen and oxygen atoms in total. The summed E-state index contributed by atoms with van der Waals surface area (Å²) in [6.45, 7) is -1.42. The lowest BCUT2D eigenvalue weighted by Gasteiger charge is -2.04. The first-order valence-corrected chi connectivity index (χ1v) is 2.71. The topological polar surface area (TPSA) is 113 Å². The quantitative estimate of drug-likeness (QED) is 0.392. The van der Waals surface area contributed by atoms with Crippen LogP contribution < -0.4 is 5.73 Å². The molecule has 0 fully saturated rings. The van der Waals surface area contributed by atoms with E-state index in [-0.39, 0.29) is 0 Å². The van der Waals surface area contributed by atoms with Gasteiger partial charge >= 0.3 is 6.09 Å². The lowest BCUT2D eigenvalue weighted by molar-refractivity contribution is 0.148. The van der Waals surface area contributed by atoms with Gasteiger partial charge in [-0.25, -0.2) is 4.79 Å². The molecule has 0 rings (SSSR count). The van der Waals surface area contributed by atoms with Crippen molar-refractivity contribution >= 4 is 6.09 Å². The molecule has 0 atom stereocenters. The molecule has 0 saturated carbocycles. The highest BCUT2D eigenvalue weighted by Gasteiger charge is 2.07. The van der Waals surface area contributed by atoms with Crippen LogP contribution in [0.5, 0.6) is 0 Å². The van der Waals surface area contributed by atoms with E-state index in [1.165, 1.54) is 0 Å². The molecule has 0 radical (unpaired) electrons. The van der Waals surface area contributed by atoms with Crippen molar-refractivity contribution in [3.63, 3.8) is 0 Å². The number of aliphatic hydroxyl groups is 3. The van der Waals surface area contributed by atoms with Crippen molar-refractivity contribution in [2.75, 3.05) is 13.2 Å². The Bertz CT molecular complexity index is 176. The molecule has 0 aliphatic heterocycles. The van der Waals surface area contributed by atoms with E-state index >= 15 is 0 Å². The van der Waals surface area contributed by atoms with Gasteiger partial charge in [-0.2, -0.15) is 0 Å². The van der Waals surface area contributed by atoms with Crippen molar-refractivity contribution in [1.29, 1.82) is 0 Å². The molecule has 6 heteroatoms. The van der Waals surface area contributed by atoms with E-state index in [0.717, 1.165) is 0 Å². The van der Waals surface area contributed by atoms with Crippen LogP contribution >= 0.6 is 0 Å². The van der Waals surface area contributed by atoms with Gasteiger partial charge in [0.05, 0.1) is 0 Å². The largest absolute Gasteiger partial charge is 0.506 e. The second kappa shape index (κ2) is 4.53. The van der Waals surface area contributed by atoms with Gasteiger partial charge in [-0.05, 0) is 0 Å². The number of primary amides is 1. The third kappa shape index (κ3) is 3.43. The van der Waals surface area contributed by atoms with Gasteiger partial charge in [0.1, 0.15) is 13.2 Å². The van der Waals surface area contributed by atoms with Crippen LogP contribution in [-0.2, 0) is 4.74 Å². The third-order valence-corrected chi connectivity index (χ3v) is 0.839. The van der Waals surface area contributed by atoms with Gasteiger partial charge in [0.25, 0.3) is 0 Å². The number of rotatable bonds is 3. The van der Waals surface area contributed by atoms with Crippen LogP contribution in [0, 0.1) is 0 Å². The monoisotopic (exact) mass is 163 g/mol. The second-order valence-corrected chi connectivity index (χ2v) is 1.61. The lowest BCUT2D eigenvalue weighted by atomic mass is 10.4. The number of nitrogens with two attached hydrogens (primary N) is 1. The maximum atomic E-state index is 10.1. The van der Waals surface area contributed by atoms with Crippen molar-refractivity contribution in [3.8, 4) is 0 Å². The zero-order valence-electron chi connectivity index (χ0n) is 5.65. The summed E-state index contributed by atoms with van der Waals surface area (Å²) in [7, 11) is 0. The predicted octanol–water partition coefficient (Wildman–Crippen LogP) is -1.16. The highest BCUT2D eigenvalue weighted by Crippen LogP contribution is 2.01. The summed E-state index contributed by atoms with van der Waals surface area (Å²) in [5, 5.41) is 25.4. The van der Waals surface area contributed by atoms with Crippen molar-refractivity contribution in [3.05, 3.63) is 11.5 Å². The molecule has 0 unspecified atom stereocenters. The van der Waals surface area contributed by atoms with Crippen molar-refractivity contribution < 1.29 is 24.9 Å². The Morgan fingerprint density at radius 3 is 2.18 bits per heavy atom. The molecule has 0 aliphatic carbocycles. The molecule has 0 spiro atoms. The van der Waals surface area contributed by atoms with Crippen molar-refractivity contribution in [2.24, 2.45) is 5.73 Å². The van der Waals surface area contributed by atoms with Gasteiger partial charge in [-0.15, -0.1) is 0 Å². The van der Waals surface area contributed by atoms with Gasteiger partial charge in [0, 0.05) is 0 Å². The summed E-state index contributed by atoms with van der Waals surface area (Å²) in [4.78, 5) is 10.1. The molecular formula is C5H9NO5. The molecule has 0 bridgehead atoms. The Morgan fingerprint density at radius 1 is 1.36 bits per heavy atom. The zero-order chi connectivity index (χ0) is 8.85. The van der Waals surface area contributed by atoms with Gasteiger partial charge in [-0.3, -0.25) is 0 Å². The SMILES string of the molecule is NC(=O)O/C(CO)=C(\O)CO. The minimum atomic E-state index is -1.16. The van der Waals surface area contributed by atoms with Crippen LogP contribution in [0.2, 0.25) is 0 Å². The second-order valence-electron chi connectivity index (χ2n) is 1.61. The molecule has 1 amide bonds. The van der Waals surface area contributed by atoms with Crippen LogP contribution in [0.3, 0.4) is 0 Å². The molecule has 11 heavy (non-hydrogen) atoms. The van der Waals surface area contributed by atoms with E-state index in [4.69, 9.17) is 15.3 Å². The highest BCUT2D eigenvalue weighted by molar-refractivity contribution is 5.66. The first kappa shape index (κ1) is 9.73. The molecule has 5 N–H and O–H groups in total. The summed E-state index contributed by atoms with van der Waals surface area (Å²) in [6, 6.07) is 0. The van der Waals surface area contributed by atoms with E-state index in [9.17, 15) is 4.79 Å². The summed E-state index contributed by atoms with van der Waals surface area (Å²) in [5.41, 5.74) is 4.56. The normalized spacial score (nSPS) is 12.2. The molecular weight excluding hydrogens is 154 g/mol. The zero-order valence-corrected chi connectivity index (χ0v) is 5.65. The maximum Gasteiger partial charge on any atom is 0.409 e. The van der Waals surface area contributed by atoms with Crippen LogP contribution in [0.25, 0.3) is 0 Å².